The van der Waals surface area contributed by atoms with E-state index >= 15 is 0 Å². The van der Waals surface area contributed by atoms with Crippen LogP contribution in [0.5, 0.6) is 5.75 Å². The van der Waals surface area contributed by atoms with Crippen LogP contribution in [0.1, 0.15) is 53.5 Å². The molecule has 4 rings (SSSR count). The van der Waals surface area contributed by atoms with Gasteiger partial charge < -0.3 is 29.9 Å². The Bertz CT molecular complexity index is 1220. The number of nitriles is 1. The minimum atomic E-state index is -4.34. The van der Waals surface area contributed by atoms with Gasteiger partial charge in [0.15, 0.2) is 12.0 Å². The number of benzene rings is 1. The second-order valence-electron chi connectivity index (χ2n) is 9.21. The molecule has 2 aliphatic rings. The van der Waals surface area contributed by atoms with Crippen LogP contribution in [0.3, 0.4) is 0 Å². The summed E-state index contributed by atoms with van der Waals surface area (Å²) < 4.78 is 45.6. The summed E-state index contributed by atoms with van der Waals surface area (Å²) in [5, 5.41) is 21.3. The Morgan fingerprint density at radius 1 is 1.38 bits per heavy atom. The quantitative estimate of drug-likeness (QED) is 0.514. The Hall–Kier alpha value is -3.56. The van der Waals surface area contributed by atoms with Crippen molar-refractivity contribution in [2.45, 2.75) is 50.7 Å². The number of nitrogens with two attached hydrogens (primary N) is 1. The van der Waals surface area contributed by atoms with E-state index in [1.54, 1.807) is 28.8 Å². The third kappa shape index (κ3) is 5.73. The Morgan fingerprint density at radius 2 is 2.16 bits per heavy atom. The molecule has 0 amide bonds. The number of alkyl halides is 3. The first-order valence-electron chi connectivity index (χ1n) is 12.0. The molecule has 1 saturated heterocycles. The van der Waals surface area contributed by atoms with Gasteiger partial charge in [0.25, 0.3) is 0 Å². The van der Waals surface area contributed by atoms with E-state index in [9.17, 15) is 28.3 Å². The van der Waals surface area contributed by atoms with Crippen LogP contribution in [-0.4, -0.2) is 65.7 Å². The largest absolute Gasteiger partial charge is 0.497 e. The number of methoxy groups -OCH3 is 1. The van der Waals surface area contributed by atoms with Gasteiger partial charge in [-0.1, -0.05) is 12.1 Å². The van der Waals surface area contributed by atoms with Gasteiger partial charge in [0.2, 0.25) is 0 Å². The number of aromatic nitrogens is 1. The van der Waals surface area contributed by atoms with E-state index in [1.807, 2.05) is 4.90 Å². The molecule has 0 spiro atoms. The van der Waals surface area contributed by atoms with Gasteiger partial charge in [-0.15, -0.1) is 0 Å². The van der Waals surface area contributed by atoms with E-state index in [4.69, 9.17) is 10.5 Å². The van der Waals surface area contributed by atoms with Crippen molar-refractivity contribution in [3.8, 4) is 11.8 Å². The van der Waals surface area contributed by atoms with Crippen molar-refractivity contribution in [2.75, 3.05) is 31.6 Å². The van der Waals surface area contributed by atoms with Crippen LogP contribution in [0.2, 0.25) is 0 Å². The van der Waals surface area contributed by atoms with Gasteiger partial charge in [0, 0.05) is 37.7 Å². The lowest BCUT2D eigenvalue weighted by Gasteiger charge is -2.34. The van der Waals surface area contributed by atoms with Gasteiger partial charge in [-0.05, 0) is 31.4 Å². The average Bonchev–Trinajstić information content (AvgIpc) is 3.18. The number of fused-ring (bicyclic) bond motifs is 1. The highest BCUT2D eigenvalue weighted by Crippen LogP contribution is 2.43. The lowest BCUT2D eigenvalue weighted by Crippen LogP contribution is -2.44. The van der Waals surface area contributed by atoms with Gasteiger partial charge in [-0.2, -0.15) is 18.4 Å². The van der Waals surface area contributed by atoms with Crippen LogP contribution >= 0.6 is 0 Å². The van der Waals surface area contributed by atoms with Crippen LogP contribution in [0.25, 0.3) is 0 Å². The van der Waals surface area contributed by atoms with Crippen molar-refractivity contribution in [1.29, 1.82) is 5.26 Å². The van der Waals surface area contributed by atoms with Gasteiger partial charge in [0.05, 0.1) is 25.7 Å². The zero-order valence-corrected chi connectivity index (χ0v) is 20.4. The minimum absolute atomic E-state index is 0.0884. The van der Waals surface area contributed by atoms with E-state index < -0.39 is 18.8 Å². The number of rotatable bonds is 8. The zero-order chi connectivity index (χ0) is 26.7. The number of nitrogens with zero attached hydrogens (tertiary/aromatic N) is 5. The van der Waals surface area contributed by atoms with Gasteiger partial charge in [-0.3, -0.25) is 4.79 Å². The van der Waals surface area contributed by atoms with Crippen LogP contribution in [0, 0.1) is 11.3 Å². The molecule has 1 fully saturated rings. The number of Topliss-reactive ketones (excluding diaryl/α,β-unsaturated/α-hetero) is 1. The van der Waals surface area contributed by atoms with Crippen molar-refractivity contribution in [2.24, 2.45) is 10.7 Å². The summed E-state index contributed by atoms with van der Waals surface area (Å²) in [5.41, 5.74) is 7.07. The molecule has 9 nitrogen and oxygen atoms in total. The molecule has 0 bridgehead atoms. The Labute approximate surface area is 212 Å². The first-order valence-corrected chi connectivity index (χ1v) is 12.0. The fraction of sp³-hybridized carbons (Fsp3) is 0.480. The van der Waals surface area contributed by atoms with Gasteiger partial charge >= 0.3 is 6.18 Å². The lowest BCUT2D eigenvalue weighted by atomic mass is 10.1. The molecule has 3 N–H and O–H groups in total. The molecule has 1 aromatic carbocycles. The number of ether oxygens (including phenoxy) is 1. The summed E-state index contributed by atoms with van der Waals surface area (Å²) in [6.45, 7) is 0.669. The molecular weight excluding hydrogens is 489 g/mol. The molecule has 198 valence electrons. The van der Waals surface area contributed by atoms with Crippen LogP contribution in [0.15, 0.2) is 29.3 Å². The molecule has 37 heavy (non-hydrogen) atoms. The predicted octanol–water partition coefficient (Wildman–Crippen LogP) is 3.49. The first kappa shape index (κ1) is 26.5. The molecule has 1 unspecified atom stereocenters. The summed E-state index contributed by atoms with van der Waals surface area (Å²) in [6, 6.07) is 8.54. The van der Waals surface area contributed by atoms with E-state index in [0.717, 1.165) is 12.8 Å². The molecule has 2 aliphatic heterocycles. The molecule has 2 aromatic rings. The number of carbonyl (C=O) groups excluding carboxylic acids is 1. The number of ketones is 1. The maximum absolute atomic E-state index is 13.0. The van der Waals surface area contributed by atoms with Crippen molar-refractivity contribution >= 4 is 23.6 Å². The van der Waals surface area contributed by atoms with Crippen LogP contribution in [0.4, 0.5) is 24.7 Å². The van der Waals surface area contributed by atoms with E-state index in [0.29, 0.717) is 30.2 Å². The minimum Gasteiger partial charge on any atom is -0.497 e. The van der Waals surface area contributed by atoms with Crippen LogP contribution < -0.4 is 15.4 Å². The maximum atomic E-state index is 13.0. The number of halogens is 3. The van der Waals surface area contributed by atoms with Crippen LogP contribution in [-0.2, 0) is 6.54 Å². The molecule has 12 heteroatoms. The normalized spacial score (nSPS) is 19.5. The number of piperidine rings is 1. The lowest BCUT2D eigenvalue weighted by molar-refractivity contribution is -0.135. The van der Waals surface area contributed by atoms with E-state index in [2.05, 4.69) is 11.1 Å². The summed E-state index contributed by atoms with van der Waals surface area (Å²) >= 11 is 0. The standard InChI is InChI=1S/C25H29F3N6O3/c1-37-18-7-2-5-16(11-18)20(35)14-33-15-31-21-19(12-29)23(32-9-3-6-17(30)13-32)34(22(21)24(33)36)10-4-8-25(26,27)28/h2,5,7,11,15,17,24,36H,3-4,6,8-10,13-14,30H2,1H3/t17-,24?/m1/s1. The molecular formula is C25H29F3N6O3. The molecule has 0 saturated carbocycles. The van der Waals surface area contributed by atoms with E-state index in [1.165, 1.54) is 18.3 Å². The number of aliphatic hydroxyl groups is 1. The number of hydrogen-bond donors (Lipinski definition) is 2. The second-order valence-corrected chi connectivity index (χ2v) is 9.21. The maximum Gasteiger partial charge on any atom is 0.389 e. The number of aliphatic hydroxyl groups excluding tert-OH is 1. The third-order valence-electron chi connectivity index (χ3n) is 6.57. The van der Waals surface area contributed by atoms with E-state index in [-0.39, 0.29) is 48.3 Å². The van der Waals surface area contributed by atoms with Gasteiger partial charge in [-0.25, -0.2) is 4.99 Å². The van der Waals surface area contributed by atoms with Crippen molar-refractivity contribution in [3.63, 3.8) is 0 Å². The summed E-state index contributed by atoms with van der Waals surface area (Å²) in [5.74, 6) is 0.593. The average molecular weight is 519 g/mol. The second kappa shape index (κ2) is 10.8. The summed E-state index contributed by atoms with van der Waals surface area (Å²) in [7, 11) is 1.48. The number of carbonyl (C=O) groups is 1. The molecule has 1 aromatic heterocycles. The smallest absolute Gasteiger partial charge is 0.389 e. The fourth-order valence-corrected chi connectivity index (χ4v) is 4.83. The first-order chi connectivity index (χ1) is 17.6. The summed E-state index contributed by atoms with van der Waals surface area (Å²) in [4.78, 5) is 20.5. The SMILES string of the molecule is COc1cccc(C(=O)CN2C=Nc3c(C#N)c(N4CCC[C@@H](N)C4)n(CCCC(F)(F)F)c3C2O)c1. The fourth-order valence-electron chi connectivity index (χ4n) is 4.83. The topological polar surface area (TPSA) is 120 Å². The van der Waals surface area contributed by atoms with Crippen molar-refractivity contribution in [3.05, 3.63) is 41.1 Å². The third-order valence-corrected chi connectivity index (χ3v) is 6.57. The predicted molar refractivity (Wildman–Crippen MR) is 131 cm³/mol. The summed E-state index contributed by atoms with van der Waals surface area (Å²) in [6.07, 6.45) is -4.15. The Morgan fingerprint density at radius 3 is 2.84 bits per heavy atom. The molecule has 2 atom stereocenters. The molecule has 3 heterocycles. The Balaban J connectivity index is 1.69. The van der Waals surface area contributed by atoms with Crippen molar-refractivity contribution < 1.29 is 27.8 Å². The monoisotopic (exact) mass is 518 g/mol. The Kier molecular flexibility index (Phi) is 7.75. The highest BCUT2D eigenvalue weighted by molar-refractivity contribution is 5.99. The highest BCUT2D eigenvalue weighted by Gasteiger charge is 2.36. The molecule has 0 aliphatic carbocycles. The van der Waals surface area contributed by atoms with Crippen molar-refractivity contribution in [1.82, 2.24) is 9.47 Å². The number of hydrogen-bond acceptors (Lipinski definition) is 8. The molecule has 0 radical (unpaired) electrons. The zero-order valence-electron chi connectivity index (χ0n) is 20.4. The van der Waals surface area contributed by atoms with Gasteiger partial charge in [0.1, 0.15) is 28.9 Å². The number of aliphatic imine (C=N–C) groups is 1. The number of anilines is 1. The highest BCUT2D eigenvalue weighted by atomic mass is 19.4.